The number of benzene rings is 1. The van der Waals surface area contributed by atoms with E-state index in [9.17, 15) is 4.79 Å². The van der Waals surface area contributed by atoms with Crippen LogP contribution in [0.25, 0.3) is 0 Å². The summed E-state index contributed by atoms with van der Waals surface area (Å²) >= 11 is 0. The Hall–Kier alpha value is -1.51. The summed E-state index contributed by atoms with van der Waals surface area (Å²) < 4.78 is 0. The number of hydrogen-bond acceptors (Lipinski definition) is 2. The number of anilines is 1. The van der Waals surface area contributed by atoms with Gasteiger partial charge in [-0.25, -0.2) is 0 Å². The molecule has 0 aliphatic carbocycles. The first-order chi connectivity index (χ1) is 7.91. The number of hydrogen-bond donors (Lipinski definition) is 1. The molecule has 0 heterocycles. The highest BCUT2D eigenvalue weighted by molar-refractivity contribution is 5.70. The summed E-state index contributed by atoms with van der Waals surface area (Å²) in [5, 5.41) is 9.14. The van der Waals surface area contributed by atoms with E-state index in [2.05, 4.69) is 0 Å². The van der Waals surface area contributed by atoms with Crippen LogP contribution in [0.5, 0.6) is 0 Å². The first-order valence-electron chi connectivity index (χ1n) is 5.91. The Bertz CT molecular complexity index is 368. The summed E-state index contributed by atoms with van der Waals surface area (Å²) in [7, 11) is 3.98. The first kappa shape index (κ1) is 13.6. The minimum atomic E-state index is -0.711. The molecule has 0 aliphatic rings. The van der Waals surface area contributed by atoms with Crippen LogP contribution in [-0.4, -0.2) is 25.2 Å². The van der Waals surface area contributed by atoms with Crippen molar-refractivity contribution in [3.05, 3.63) is 29.8 Å². The molecule has 0 spiro atoms. The van der Waals surface area contributed by atoms with Crippen LogP contribution in [0.15, 0.2) is 24.3 Å². The second-order valence-corrected chi connectivity index (χ2v) is 4.95. The predicted octanol–water partition coefficient (Wildman–Crippen LogP) is 2.65. The fraction of sp³-hybridized carbons (Fsp3) is 0.500. The lowest BCUT2D eigenvalue weighted by atomic mass is 9.89. The lowest BCUT2D eigenvalue weighted by molar-refractivity contribution is -0.143. The fourth-order valence-electron chi connectivity index (χ4n) is 1.79. The Morgan fingerprint density at radius 3 is 2.12 bits per heavy atom. The van der Waals surface area contributed by atoms with Gasteiger partial charge in [0.2, 0.25) is 0 Å². The van der Waals surface area contributed by atoms with Crippen molar-refractivity contribution in [1.29, 1.82) is 0 Å². The number of aliphatic carboxylic acids is 1. The fourth-order valence-corrected chi connectivity index (χ4v) is 1.79. The molecule has 0 saturated heterocycles. The number of carboxylic acids is 1. The smallest absolute Gasteiger partial charge is 0.307 e. The molecule has 1 N–H and O–H groups in total. The van der Waals surface area contributed by atoms with E-state index in [0.717, 1.165) is 11.3 Å². The second-order valence-electron chi connectivity index (χ2n) is 4.95. The van der Waals surface area contributed by atoms with Crippen LogP contribution >= 0.6 is 0 Å². The number of rotatable bonds is 5. The van der Waals surface area contributed by atoms with E-state index in [4.69, 9.17) is 5.11 Å². The molecule has 1 aromatic rings. The molecule has 0 aromatic heterocycles. The van der Waals surface area contributed by atoms with Gasteiger partial charge in [0.05, 0.1) is 5.92 Å². The largest absolute Gasteiger partial charge is 0.481 e. The van der Waals surface area contributed by atoms with E-state index in [1.54, 1.807) is 0 Å². The molecule has 0 radical (unpaired) electrons. The Morgan fingerprint density at radius 2 is 1.76 bits per heavy atom. The number of nitrogens with zero attached hydrogens (tertiary/aromatic N) is 1. The van der Waals surface area contributed by atoms with Crippen LogP contribution in [-0.2, 0) is 11.2 Å². The molecule has 1 rings (SSSR count). The van der Waals surface area contributed by atoms with Gasteiger partial charge < -0.3 is 10.0 Å². The molecular formula is C14H21NO2. The molecule has 0 saturated carbocycles. The summed E-state index contributed by atoms with van der Waals surface area (Å²) in [5.41, 5.74) is 2.21. The van der Waals surface area contributed by atoms with E-state index in [1.807, 2.05) is 57.1 Å². The van der Waals surface area contributed by atoms with Gasteiger partial charge in [-0.1, -0.05) is 26.0 Å². The van der Waals surface area contributed by atoms with Crippen molar-refractivity contribution in [3.8, 4) is 0 Å². The topological polar surface area (TPSA) is 40.5 Å². The molecule has 3 heteroatoms. The van der Waals surface area contributed by atoms with Crippen molar-refractivity contribution < 1.29 is 9.90 Å². The SMILES string of the molecule is CC(C)C(Cc1ccc(N(C)C)cc1)C(=O)O. The van der Waals surface area contributed by atoms with Gasteiger partial charge in [-0.3, -0.25) is 4.79 Å². The molecule has 0 amide bonds. The molecular weight excluding hydrogens is 214 g/mol. The van der Waals surface area contributed by atoms with Gasteiger partial charge in [-0.15, -0.1) is 0 Å². The van der Waals surface area contributed by atoms with Crippen molar-refractivity contribution in [3.63, 3.8) is 0 Å². The molecule has 1 aromatic carbocycles. The summed E-state index contributed by atoms with van der Waals surface area (Å²) in [6, 6.07) is 8.06. The second kappa shape index (κ2) is 5.71. The zero-order valence-corrected chi connectivity index (χ0v) is 11.0. The Kier molecular flexibility index (Phi) is 4.55. The maximum absolute atomic E-state index is 11.1. The van der Waals surface area contributed by atoms with Gasteiger partial charge in [0.15, 0.2) is 0 Å². The third kappa shape index (κ3) is 3.77. The van der Waals surface area contributed by atoms with Crippen LogP contribution in [0.4, 0.5) is 5.69 Å². The summed E-state index contributed by atoms with van der Waals surface area (Å²) in [5.74, 6) is -0.863. The lowest BCUT2D eigenvalue weighted by Crippen LogP contribution is -2.22. The van der Waals surface area contributed by atoms with Crippen LogP contribution in [0, 0.1) is 11.8 Å². The summed E-state index contributed by atoms with van der Waals surface area (Å²) in [6.45, 7) is 3.90. The van der Waals surface area contributed by atoms with Crippen LogP contribution in [0.1, 0.15) is 19.4 Å². The Morgan fingerprint density at radius 1 is 1.24 bits per heavy atom. The normalized spacial score (nSPS) is 12.5. The zero-order chi connectivity index (χ0) is 13.0. The summed E-state index contributed by atoms with van der Waals surface area (Å²) in [4.78, 5) is 13.1. The monoisotopic (exact) mass is 235 g/mol. The molecule has 94 valence electrons. The van der Waals surface area contributed by atoms with Crippen LogP contribution < -0.4 is 4.90 Å². The van der Waals surface area contributed by atoms with Gasteiger partial charge in [-0.05, 0) is 30.0 Å². The van der Waals surface area contributed by atoms with E-state index in [0.29, 0.717) is 6.42 Å². The van der Waals surface area contributed by atoms with Gasteiger partial charge in [0.25, 0.3) is 0 Å². The molecule has 0 aliphatic heterocycles. The molecule has 3 nitrogen and oxygen atoms in total. The third-order valence-corrected chi connectivity index (χ3v) is 3.03. The quantitative estimate of drug-likeness (QED) is 0.853. The van der Waals surface area contributed by atoms with Crippen molar-refractivity contribution in [2.45, 2.75) is 20.3 Å². The van der Waals surface area contributed by atoms with E-state index in [1.165, 1.54) is 0 Å². The van der Waals surface area contributed by atoms with Gasteiger partial charge in [-0.2, -0.15) is 0 Å². The average Bonchev–Trinajstić information content (AvgIpc) is 2.25. The van der Waals surface area contributed by atoms with Crippen molar-refractivity contribution in [2.24, 2.45) is 11.8 Å². The standard InChI is InChI=1S/C14H21NO2/c1-10(2)13(14(16)17)9-11-5-7-12(8-6-11)15(3)4/h5-8,10,13H,9H2,1-4H3,(H,16,17). The Labute approximate surface area is 103 Å². The van der Waals surface area contributed by atoms with Crippen LogP contribution in [0.3, 0.4) is 0 Å². The van der Waals surface area contributed by atoms with Crippen LogP contribution in [0.2, 0.25) is 0 Å². The van der Waals surface area contributed by atoms with E-state index in [-0.39, 0.29) is 11.8 Å². The Balaban J connectivity index is 2.77. The number of carbonyl (C=O) groups is 1. The molecule has 1 unspecified atom stereocenters. The predicted molar refractivity (Wildman–Crippen MR) is 70.4 cm³/mol. The highest BCUT2D eigenvalue weighted by Crippen LogP contribution is 2.19. The third-order valence-electron chi connectivity index (χ3n) is 3.03. The highest BCUT2D eigenvalue weighted by Gasteiger charge is 2.21. The van der Waals surface area contributed by atoms with Gasteiger partial charge >= 0.3 is 5.97 Å². The average molecular weight is 235 g/mol. The first-order valence-corrected chi connectivity index (χ1v) is 5.91. The molecule has 17 heavy (non-hydrogen) atoms. The molecule has 0 fully saturated rings. The van der Waals surface area contributed by atoms with Crippen molar-refractivity contribution in [2.75, 3.05) is 19.0 Å². The number of carboxylic acid groups (broad SMARTS) is 1. The zero-order valence-electron chi connectivity index (χ0n) is 11.0. The highest BCUT2D eigenvalue weighted by atomic mass is 16.4. The van der Waals surface area contributed by atoms with Crippen molar-refractivity contribution >= 4 is 11.7 Å². The minimum Gasteiger partial charge on any atom is -0.481 e. The minimum absolute atomic E-state index is 0.154. The van der Waals surface area contributed by atoms with E-state index < -0.39 is 5.97 Å². The van der Waals surface area contributed by atoms with Gasteiger partial charge in [0, 0.05) is 19.8 Å². The maximum Gasteiger partial charge on any atom is 0.307 e. The molecule has 1 atom stereocenters. The molecule has 0 bridgehead atoms. The van der Waals surface area contributed by atoms with Crippen molar-refractivity contribution in [1.82, 2.24) is 0 Å². The van der Waals surface area contributed by atoms with Gasteiger partial charge in [0.1, 0.15) is 0 Å². The lowest BCUT2D eigenvalue weighted by Gasteiger charge is -2.17. The maximum atomic E-state index is 11.1. The van der Waals surface area contributed by atoms with E-state index >= 15 is 0 Å². The summed E-state index contributed by atoms with van der Waals surface area (Å²) in [6.07, 6.45) is 0.598.